The number of nitrogens with zero attached hydrogens (tertiary/aromatic N) is 4. The van der Waals surface area contributed by atoms with Crippen molar-refractivity contribution >= 4 is 29.0 Å². The van der Waals surface area contributed by atoms with Gasteiger partial charge in [0.25, 0.3) is 11.5 Å². The predicted octanol–water partition coefficient (Wildman–Crippen LogP) is 1.46. The van der Waals surface area contributed by atoms with Crippen LogP contribution in [0.1, 0.15) is 21.5 Å². The van der Waals surface area contributed by atoms with Gasteiger partial charge in [-0.15, -0.1) is 0 Å². The Morgan fingerprint density at radius 2 is 2.28 bits per heavy atom. The molecule has 25 heavy (non-hydrogen) atoms. The second-order valence-corrected chi connectivity index (χ2v) is 6.38. The Morgan fingerprint density at radius 1 is 1.52 bits per heavy atom. The molecule has 8 nitrogen and oxygen atoms in total. The highest BCUT2D eigenvalue weighted by Crippen LogP contribution is 2.27. The fourth-order valence-corrected chi connectivity index (χ4v) is 3.32. The lowest BCUT2D eigenvalue weighted by Gasteiger charge is -2.33. The van der Waals surface area contributed by atoms with Crippen LogP contribution in [0.4, 0.5) is 13.2 Å². The number of aromatic amines is 1. The van der Waals surface area contributed by atoms with Crippen LogP contribution in [0.15, 0.2) is 11.1 Å². The third kappa shape index (κ3) is 3.85. The minimum Gasteiger partial charge on any atom is -0.377 e. The van der Waals surface area contributed by atoms with Gasteiger partial charge in [0.1, 0.15) is 28.8 Å². The number of hydrogen-bond acceptors (Lipinski definition) is 6. The number of ether oxygens (including phenoxy) is 1. The second-order valence-electron chi connectivity index (χ2n) is 5.18. The van der Waals surface area contributed by atoms with Crippen molar-refractivity contribution in [1.82, 2.24) is 24.0 Å². The Labute approximate surface area is 147 Å². The SMILES string of the molecule is O=C(c1s[nH]c(=O)c1Cl)N1CCOCC1c1ncn(CC(F)(F)F)n1. The molecule has 0 aliphatic carbocycles. The van der Waals surface area contributed by atoms with E-state index in [9.17, 15) is 22.8 Å². The highest BCUT2D eigenvalue weighted by atomic mass is 35.5. The van der Waals surface area contributed by atoms with E-state index in [2.05, 4.69) is 14.5 Å². The molecule has 1 unspecified atom stereocenters. The molecule has 1 amide bonds. The summed E-state index contributed by atoms with van der Waals surface area (Å²) in [7, 11) is 0. The average Bonchev–Trinajstić information content (AvgIpc) is 3.13. The predicted molar refractivity (Wildman–Crippen MR) is 80.6 cm³/mol. The maximum absolute atomic E-state index is 12.6. The second kappa shape index (κ2) is 6.77. The van der Waals surface area contributed by atoms with E-state index in [4.69, 9.17) is 16.3 Å². The van der Waals surface area contributed by atoms with Crippen LogP contribution in [0.2, 0.25) is 5.02 Å². The lowest BCUT2D eigenvalue weighted by molar-refractivity contribution is -0.142. The Morgan fingerprint density at radius 3 is 2.92 bits per heavy atom. The van der Waals surface area contributed by atoms with Crippen LogP contribution < -0.4 is 5.56 Å². The zero-order valence-corrected chi connectivity index (χ0v) is 14.0. The van der Waals surface area contributed by atoms with Crippen LogP contribution >= 0.6 is 23.1 Å². The summed E-state index contributed by atoms with van der Waals surface area (Å²) in [6.07, 6.45) is -3.49. The van der Waals surface area contributed by atoms with E-state index < -0.39 is 30.2 Å². The summed E-state index contributed by atoms with van der Waals surface area (Å²) in [5.74, 6) is -0.509. The molecule has 2 aromatic heterocycles. The van der Waals surface area contributed by atoms with Gasteiger partial charge in [-0.25, -0.2) is 9.67 Å². The zero-order chi connectivity index (χ0) is 18.2. The van der Waals surface area contributed by atoms with Crippen molar-refractivity contribution in [1.29, 1.82) is 0 Å². The first-order valence-electron chi connectivity index (χ1n) is 6.98. The van der Waals surface area contributed by atoms with Gasteiger partial charge in [-0.3, -0.25) is 14.0 Å². The number of amides is 1. The smallest absolute Gasteiger partial charge is 0.377 e. The molecule has 0 aromatic carbocycles. The molecule has 3 rings (SSSR count). The normalized spacial score (nSPS) is 18.6. The van der Waals surface area contributed by atoms with Crippen LogP contribution in [0.3, 0.4) is 0 Å². The number of rotatable bonds is 3. The fraction of sp³-hybridized carbons (Fsp3) is 0.500. The van der Waals surface area contributed by atoms with Gasteiger partial charge in [0.15, 0.2) is 5.82 Å². The highest BCUT2D eigenvalue weighted by molar-refractivity contribution is 7.08. The first-order valence-corrected chi connectivity index (χ1v) is 8.17. The molecule has 3 heterocycles. The van der Waals surface area contributed by atoms with Crippen molar-refractivity contribution in [3.8, 4) is 0 Å². The molecule has 2 aromatic rings. The zero-order valence-electron chi connectivity index (χ0n) is 12.4. The maximum atomic E-state index is 12.6. The first kappa shape index (κ1) is 17.9. The number of carbonyl (C=O) groups excluding carboxylic acids is 1. The number of halogens is 4. The largest absolute Gasteiger partial charge is 0.408 e. The molecule has 1 N–H and O–H groups in total. The van der Waals surface area contributed by atoms with Crippen molar-refractivity contribution in [2.75, 3.05) is 19.8 Å². The molecule has 1 aliphatic rings. The number of H-pyrrole nitrogens is 1. The molecule has 13 heteroatoms. The molecular weight excluding hydrogens is 387 g/mol. The molecule has 0 radical (unpaired) electrons. The molecule has 1 aliphatic heterocycles. The topological polar surface area (TPSA) is 93.1 Å². The van der Waals surface area contributed by atoms with E-state index in [1.807, 2.05) is 0 Å². The van der Waals surface area contributed by atoms with E-state index >= 15 is 0 Å². The number of hydrogen-bond donors (Lipinski definition) is 1. The van der Waals surface area contributed by atoms with Gasteiger partial charge in [0, 0.05) is 6.54 Å². The standard InChI is InChI=1S/C12H11ClF3N5O3S/c13-7-8(25-19-10(7)22)11(23)21-1-2-24-3-6(21)9-17-5-20(18-9)4-12(14,15)16/h5-6H,1-4H2,(H,19,22). The number of alkyl halides is 3. The maximum Gasteiger partial charge on any atom is 0.408 e. The lowest BCUT2D eigenvalue weighted by Crippen LogP contribution is -2.43. The molecule has 1 saturated heterocycles. The summed E-state index contributed by atoms with van der Waals surface area (Å²) < 4.78 is 45.6. The van der Waals surface area contributed by atoms with Crippen molar-refractivity contribution in [3.63, 3.8) is 0 Å². The van der Waals surface area contributed by atoms with Gasteiger partial charge in [0.05, 0.1) is 13.2 Å². The summed E-state index contributed by atoms with van der Waals surface area (Å²) in [4.78, 5) is 29.3. The quantitative estimate of drug-likeness (QED) is 0.846. The summed E-state index contributed by atoms with van der Waals surface area (Å²) in [6.45, 7) is -0.854. The van der Waals surface area contributed by atoms with Gasteiger partial charge in [0.2, 0.25) is 0 Å². The van der Waals surface area contributed by atoms with E-state index in [1.54, 1.807) is 0 Å². The Balaban J connectivity index is 1.85. The van der Waals surface area contributed by atoms with Crippen molar-refractivity contribution in [3.05, 3.63) is 32.4 Å². The number of nitrogens with one attached hydrogen (secondary N) is 1. The van der Waals surface area contributed by atoms with Gasteiger partial charge in [-0.05, 0) is 0 Å². The summed E-state index contributed by atoms with van der Waals surface area (Å²) in [5, 5.41) is 3.56. The molecule has 0 saturated carbocycles. The number of carbonyl (C=O) groups is 1. The average molecular weight is 398 g/mol. The number of morpholine rings is 1. The van der Waals surface area contributed by atoms with Crippen LogP contribution in [0, 0.1) is 0 Å². The molecular formula is C12H11ClF3N5O3S. The lowest BCUT2D eigenvalue weighted by atomic mass is 10.2. The summed E-state index contributed by atoms with van der Waals surface area (Å²) >= 11 is 6.61. The Hall–Kier alpha value is -1.92. The van der Waals surface area contributed by atoms with Crippen molar-refractivity contribution < 1.29 is 22.7 Å². The Bertz CT molecular complexity index is 833. The van der Waals surface area contributed by atoms with Crippen LogP contribution in [-0.4, -0.2) is 55.9 Å². The van der Waals surface area contributed by atoms with E-state index in [0.717, 1.165) is 17.9 Å². The molecule has 136 valence electrons. The molecule has 1 atom stereocenters. The minimum atomic E-state index is -4.44. The Kier molecular flexibility index (Phi) is 4.84. The van der Waals surface area contributed by atoms with Gasteiger partial charge < -0.3 is 9.64 Å². The monoisotopic (exact) mass is 397 g/mol. The van der Waals surface area contributed by atoms with Crippen LogP contribution in [0.5, 0.6) is 0 Å². The van der Waals surface area contributed by atoms with Crippen molar-refractivity contribution in [2.24, 2.45) is 0 Å². The van der Waals surface area contributed by atoms with Gasteiger partial charge >= 0.3 is 6.18 Å². The molecule has 0 bridgehead atoms. The first-order chi connectivity index (χ1) is 11.8. The molecule has 0 spiro atoms. The van der Waals surface area contributed by atoms with Crippen LogP contribution in [-0.2, 0) is 11.3 Å². The van der Waals surface area contributed by atoms with Crippen LogP contribution in [0.25, 0.3) is 0 Å². The van der Waals surface area contributed by atoms with Gasteiger partial charge in [-0.2, -0.15) is 18.3 Å². The fourth-order valence-electron chi connectivity index (χ4n) is 2.34. The van der Waals surface area contributed by atoms with E-state index in [-0.39, 0.29) is 35.5 Å². The van der Waals surface area contributed by atoms with Crippen molar-refractivity contribution in [2.45, 2.75) is 18.8 Å². The third-order valence-electron chi connectivity index (χ3n) is 3.42. The third-order valence-corrected chi connectivity index (χ3v) is 4.76. The summed E-state index contributed by atoms with van der Waals surface area (Å²) in [6, 6.07) is -0.774. The minimum absolute atomic E-state index is 0.0216. The van der Waals surface area contributed by atoms with E-state index in [0.29, 0.717) is 4.68 Å². The summed E-state index contributed by atoms with van der Waals surface area (Å²) in [5.41, 5.74) is -0.576. The highest BCUT2D eigenvalue weighted by Gasteiger charge is 2.35. The van der Waals surface area contributed by atoms with E-state index in [1.165, 1.54) is 4.90 Å². The molecule has 1 fully saturated rings. The number of aromatic nitrogens is 4. The van der Waals surface area contributed by atoms with Gasteiger partial charge in [-0.1, -0.05) is 23.1 Å².